The van der Waals surface area contributed by atoms with Crippen LogP contribution in [0.25, 0.3) is 0 Å². The van der Waals surface area contributed by atoms with Crippen molar-refractivity contribution in [1.82, 2.24) is 0 Å². The van der Waals surface area contributed by atoms with E-state index in [1.165, 1.54) is 11.3 Å². The molecule has 3 aliphatic carbocycles. The number of carboxylic acid groups (broad SMARTS) is 1. The van der Waals surface area contributed by atoms with Crippen LogP contribution in [0.3, 0.4) is 0 Å². The van der Waals surface area contributed by atoms with Crippen molar-refractivity contribution < 1.29 is 24.2 Å². The zero-order valence-corrected chi connectivity index (χ0v) is 17.6. The summed E-state index contributed by atoms with van der Waals surface area (Å²) in [5.41, 5.74) is 1.47. The number of rotatable bonds is 6. The molecule has 0 aromatic carbocycles. The third kappa shape index (κ3) is 3.61. The Morgan fingerprint density at radius 1 is 1.21 bits per heavy atom. The van der Waals surface area contributed by atoms with Gasteiger partial charge in [0, 0.05) is 4.88 Å². The van der Waals surface area contributed by atoms with E-state index in [1.54, 1.807) is 0 Å². The van der Waals surface area contributed by atoms with Gasteiger partial charge in [0.05, 0.1) is 23.5 Å². The maximum Gasteiger partial charge on any atom is 0.341 e. The number of nitrogens with one attached hydrogen (secondary N) is 1. The number of ether oxygens (including phenoxy) is 1. The Labute approximate surface area is 174 Å². The molecule has 2 bridgehead atoms. The Morgan fingerprint density at radius 3 is 2.59 bits per heavy atom. The van der Waals surface area contributed by atoms with Crippen molar-refractivity contribution in [1.29, 1.82) is 0 Å². The molecule has 29 heavy (non-hydrogen) atoms. The van der Waals surface area contributed by atoms with Crippen LogP contribution in [-0.2, 0) is 27.2 Å². The molecule has 0 spiro atoms. The largest absolute Gasteiger partial charge is 0.481 e. The fourth-order valence-corrected chi connectivity index (χ4v) is 6.19. The van der Waals surface area contributed by atoms with E-state index in [0.29, 0.717) is 17.0 Å². The molecule has 0 radical (unpaired) electrons. The van der Waals surface area contributed by atoms with Crippen LogP contribution < -0.4 is 5.32 Å². The van der Waals surface area contributed by atoms with Crippen LogP contribution in [0.4, 0.5) is 5.00 Å². The van der Waals surface area contributed by atoms with Crippen LogP contribution >= 0.6 is 11.3 Å². The number of aryl methyl sites for hydroxylation is 1. The number of hydrogen-bond donors (Lipinski definition) is 2. The normalized spacial score (nSPS) is 28.1. The first-order valence-electron chi connectivity index (χ1n) is 10.5. The highest BCUT2D eigenvalue weighted by Crippen LogP contribution is 2.49. The maximum atomic E-state index is 13.1. The van der Waals surface area contributed by atoms with Crippen LogP contribution in [0.15, 0.2) is 12.2 Å². The lowest BCUT2D eigenvalue weighted by molar-refractivity contribution is -0.146. The van der Waals surface area contributed by atoms with Gasteiger partial charge in [-0.2, -0.15) is 0 Å². The van der Waals surface area contributed by atoms with Gasteiger partial charge in [-0.3, -0.25) is 9.59 Å². The minimum atomic E-state index is -0.927. The number of thiophene rings is 1. The first-order chi connectivity index (χ1) is 13.9. The number of allylic oxidation sites excluding steroid dienone is 2. The molecule has 2 N–H and O–H groups in total. The minimum Gasteiger partial charge on any atom is -0.481 e. The van der Waals surface area contributed by atoms with Crippen molar-refractivity contribution in [2.45, 2.75) is 58.5 Å². The first kappa shape index (κ1) is 20.1. The average molecular weight is 418 g/mol. The standard InChI is InChI=1S/C22H27NO5S/c1-3-11(2)28-22(27)18-14-6-4-5-7-15(14)29-20(18)23-19(24)16-12-8-9-13(10-12)17(16)21(25)26/h8-9,11-13,16-17H,3-7,10H2,1-2H3,(H,23,24)(H,25,26)/t11-,12+,13+,16+,17+/m1/s1. The van der Waals surface area contributed by atoms with Crippen molar-refractivity contribution >= 4 is 34.2 Å². The number of aliphatic carboxylic acids is 1. The number of fused-ring (bicyclic) bond motifs is 3. The van der Waals surface area contributed by atoms with Gasteiger partial charge >= 0.3 is 11.9 Å². The predicted octanol–water partition coefficient (Wildman–Crippen LogP) is 4.04. The summed E-state index contributed by atoms with van der Waals surface area (Å²) in [4.78, 5) is 38.9. The SMILES string of the molecule is CC[C@@H](C)OC(=O)c1c(NC(=O)[C@@H]2[C@@H](C(=O)O)[C@H]3C=C[C@H]2C3)sc2c1CCCC2. The molecule has 1 heterocycles. The lowest BCUT2D eigenvalue weighted by Gasteiger charge is -2.23. The van der Waals surface area contributed by atoms with E-state index in [9.17, 15) is 19.5 Å². The summed E-state index contributed by atoms with van der Waals surface area (Å²) in [6, 6.07) is 0. The van der Waals surface area contributed by atoms with Crippen LogP contribution in [0.1, 0.15) is 60.3 Å². The molecule has 7 heteroatoms. The molecule has 0 saturated heterocycles. The van der Waals surface area contributed by atoms with Crippen LogP contribution in [0, 0.1) is 23.7 Å². The Hall–Kier alpha value is -2.15. The molecular weight excluding hydrogens is 390 g/mol. The van der Waals surface area contributed by atoms with Crippen molar-refractivity contribution in [2.75, 3.05) is 5.32 Å². The third-order valence-electron chi connectivity index (χ3n) is 6.54. The summed E-state index contributed by atoms with van der Waals surface area (Å²) in [6.45, 7) is 3.81. The summed E-state index contributed by atoms with van der Waals surface area (Å²) in [7, 11) is 0. The van der Waals surface area contributed by atoms with Gasteiger partial charge in [0.2, 0.25) is 5.91 Å². The Balaban J connectivity index is 1.62. The number of esters is 1. The molecular formula is C22H27NO5S. The molecule has 1 fully saturated rings. The number of carbonyl (C=O) groups is 3. The van der Waals surface area contributed by atoms with E-state index in [2.05, 4.69) is 5.32 Å². The molecule has 1 amide bonds. The summed E-state index contributed by atoms with van der Waals surface area (Å²) in [6.07, 6.45) is 8.90. The van der Waals surface area contributed by atoms with Crippen molar-refractivity contribution in [3.8, 4) is 0 Å². The van der Waals surface area contributed by atoms with Gasteiger partial charge in [0.25, 0.3) is 0 Å². The first-order valence-corrected chi connectivity index (χ1v) is 11.3. The van der Waals surface area contributed by atoms with Crippen LogP contribution in [0.2, 0.25) is 0 Å². The van der Waals surface area contributed by atoms with Crippen molar-refractivity contribution in [2.24, 2.45) is 23.7 Å². The molecule has 1 aromatic heterocycles. The zero-order chi connectivity index (χ0) is 20.7. The molecule has 1 aromatic rings. The van der Waals surface area contributed by atoms with Gasteiger partial charge in [0.1, 0.15) is 5.00 Å². The third-order valence-corrected chi connectivity index (χ3v) is 7.75. The average Bonchev–Trinajstić information content (AvgIpc) is 3.39. The molecule has 0 unspecified atom stereocenters. The highest BCUT2D eigenvalue weighted by molar-refractivity contribution is 7.17. The smallest absolute Gasteiger partial charge is 0.341 e. The topological polar surface area (TPSA) is 92.7 Å². The minimum absolute atomic E-state index is 0.0498. The monoisotopic (exact) mass is 417 g/mol. The van der Waals surface area contributed by atoms with E-state index in [-0.39, 0.29) is 23.8 Å². The summed E-state index contributed by atoms with van der Waals surface area (Å²) < 4.78 is 5.58. The van der Waals surface area contributed by atoms with Gasteiger partial charge < -0.3 is 15.2 Å². The second-order valence-corrected chi connectivity index (χ2v) is 9.47. The maximum absolute atomic E-state index is 13.1. The second-order valence-electron chi connectivity index (χ2n) is 8.37. The van der Waals surface area contributed by atoms with Gasteiger partial charge in [-0.05, 0) is 62.8 Å². The van der Waals surface area contributed by atoms with E-state index in [1.807, 2.05) is 26.0 Å². The number of amides is 1. The number of hydrogen-bond acceptors (Lipinski definition) is 5. The van der Waals surface area contributed by atoms with E-state index >= 15 is 0 Å². The molecule has 5 atom stereocenters. The van der Waals surface area contributed by atoms with E-state index in [0.717, 1.165) is 42.5 Å². The van der Waals surface area contributed by atoms with E-state index < -0.39 is 23.8 Å². The second kappa shape index (κ2) is 7.94. The predicted molar refractivity (Wildman–Crippen MR) is 110 cm³/mol. The highest BCUT2D eigenvalue weighted by Gasteiger charge is 2.51. The fourth-order valence-electron chi connectivity index (χ4n) is 4.91. The van der Waals surface area contributed by atoms with Gasteiger partial charge in [-0.15, -0.1) is 11.3 Å². The number of carbonyl (C=O) groups excluding carboxylic acids is 2. The summed E-state index contributed by atoms with van der Waals surface area (Å²) in [5.74, 6) is -3.05. The highest BCUT2D eigenvalue weighted by atomic mass is 32.1. The fraction of sp³-hybridized carbons (Fsp3) is 0.591. The lowest BCUT2D eigenvalue weighted by Crippen LogP contribution is -2.36. The summed E-state index contributed by atoms with van der Waals surface area (Å²) in [5, 5.41) is 13.1. The van der Waals surface area contributed by atoms with Crippen LogP contribution in [0.5, 0.6) is 0 Å². The van der Waals surface area contributed by atoms with Crippen molar-refractivity contribution in [3.63, 3.8) is 0 Å². The van der Waals surface area contributed by atoms with E-state index in [4.69, 9.17) is 4.74 Å². The van der Waals surface area contributed by atoms with Gasteiger partial charge in [-0.1, -0.05) is 19.1 Å². The van der Waals surface area contributed by atoms with Gasteiger partial charge in [0.15, 0.2) is 0 Å². The lowest BCUT2D eigenvalue weighted by atomic mass is 9.82. The molecule has 1 saturated carbocycles. The number of carboxylic acids is 1. The molecule has 4 rings (SSSR count). The molecule has 6 nitrogen and oxygen atoms in total. The molecule has 3 aliphatic rings. The summed E-state index contributed by atoms with van der Waals surface area (Å²) >= 11 is 1.44. The van der Waals surface area contributed by atoms with Crippen molar-refractivity contribution in [3.05, 3.63) is 28.2 Å². The molecule has 156 valence electrons. The Morgan fingerprint density at radius 2 is 1.90 bits per heavy atom. The Kier molecular flexibility index (Phi) is 5.51. The number of anilines is 1. The Bertz CT molecular complexity index is 873. The quantitative estimate of drug-likeness (QED) is 0.538. The van der Waals surface area contributed by atoms with Gasteiger partial charge in [-0.25, -0.2) is 4.79 Å². The van der Waals surface area contributed by atoms with Crippen LogP contribution in [-0.4, -0.2) is 29.1 Å². The zero-order valence-electron chi connectivity index (χ0n) is 16.8. The molecule has 0 aliphatic heterocycles.